The van der Waals surface area contributed by atoms with Crippen LogP contribution >= 0.6 is 0 Å². The molecule has 0 aliphatic heterocycles. The summed E-state index contributed by atoms with van der Waals surface area (Å²) in [4.78, 5) is 27.7. The number of rotatable bonds is 7. The molecule has 0 fully saturated rings. The van der Waals surface area contributed by atoms with Gasteiger partial charge in [0.05, 0.1) is 6.61 Å². The summed E-state index contributed by atoms with van der Waals surface area (Å²) >= 11 is 0. The molecule has 1 aromatic heterocycles. The van der Waals surface area contributed by atoms with Gasteiger partial charge in [0.15, 0.2) is 5.69 Å². The second-order valence-corrected chi connectivity index (χ2v) is 4.40. The van der Waals surface area contributed by atoms with Gasteiger partial charge in [0.1, 0.15) is 12.8 Å². The van der Waals surface area contributed by atoms with Crippen molar-refractivity contribution in [3.8, 4) is 0 Å². The SMILES string of the molecule is CCOC(=O)c1coc(N(CC(=O)O)CC(C)C)n1. The Morgan fingerprint density at radius 2 is 2.21 bits per heavy atom. The second kappa shape index (κ2) is 6.77. The van der Waals surface area contributed by atoms with Crippen molar-refractivity contribution in [1.82, 2.24) is 4.98 Å². The first-order valence-corrected chi connectivity index (χ1v) is 6.03. The molecule has 0 aliphatic rings. The minimum absolute atomic E-state index is 0.0380. The normalized spacial score (nSPS) is 10.5. The zero-order valence-corrected chi connectivity index (χ0v) is 11.3. The van der Waals surface area contributed by atoms with Crippen molar-refractivity contribution in [2.75, 3.05) is 24.6 Å². The van der Waals surface area contributed by atoms with Crippen LogP contribution in [0, 0.1) is 5.92 Å². The summed E-state index contributed by atoms with van der Waals surface area (Å²) in [6, 6.07) is 0.110. The molecule has 0 amide bonds. The lowest BCUT2D eigenvalue weighted by atomic mass is 10.2. The Labute approximate surface area is 111 Å². The van der Waals surface area contributed by atoms with Crippen LogP contribution in [0.5, 0.6) is 0 Å². The highest BCUT2D eigenvalue weighted by Gasteiger charge is 2.20. The fourth-order valence-electron chi connectivity index (χ4n) is 1.52. The van der Waals surface area contributed by atoms with Crippen LogP contribution in [0.25, 0.3) is 0 Å². The lowest BCUT2D eigenvalue weighted by Gasteiger charge is -2.20. The number of carboxylic acid groups (broad SMARTS) is 1. The molecule has 1 N–H and O–H groups in total. The standard InChI is InChI=1S/C12H18N2O5/c1-4-18-11(17)9-7-19-12(13-9)14(5-8(2)3)6-10(15)16/h7-8H,4-6H2,1-3H3,(H,15,16). The largest absolute Gasteiger partial charge is 0.480 e. The van der Waals surface area contributed by atoms with Gasteiger partial charge in [0.25, 0.3) is 6.01 Å². The van der Waals surface area contributed by atoms with E-state index in [1.54, 1.807) is 6.92 Å². The van der Waals surface area contributed by atoms with Crippen LogP contribution in [-0.4, -0.2) is 41.7 Å². The molecule has 1 rings (SSSR count). The molecule has 0 aromatic carbocycles. The van der Waals surface area contributed by atoms with Crippen LogP contribution in [0.3, 0.4) is 0 Å². The van der Waals surface area contributed by atoms with Gasteiger partial charge in [-0.2, -0.15) is 4.98 Å². The van der Waals surface area contributed by atoms with Crippen molar-refractivity contribution in [2.45, 2.75) is 20.8 Å². The lowest BCUT2D eigenvalue weighted by Crippen LogP contribution is -2.33. The van der Waals surface area contributed by atoms with E-state index in [0.717, 1.165) is 0 Å². The van der Waals surface area contributed by atoms with Crippen molar-refractivity contribution in [1.29, 1.82) is 0 Å². The summed E-state index contributed by atoms with van der Waals surface area (Å²) in [7, 11) is 0. The Hall–Kier alpha value is -2.05. The summed E-state index contributed by atoms with van der Waals surface area (Å²) in [5.74, 6) is -1.34. The molecule has 0 spiro atoms. The van der Waals surface area contributed by atoms with Gasteiger partial charge in [-0.1, -0.05) is 13.8 Å². The number of hydrogen-bond acceptors (Lipinski definition) is 6. The van der Waals surface area contributed by atoms with Crippen molar-refractivity contribution in [2.24, 2.45) is 5.92 Å². The monoisotopic (exact) mass is 270 g/mol. The van der Waals surface area contributed by atoms with Crippen molar-refractivity contribution >= 4 is 18.0 Å². The average molecular weight is 270 g/mol. The van der Waals surface area contributed by atoms with Gasteiger partial charge in [-0.15, -0.1) is 0 Å². The van der Waals surface area contributed by atoms with Gasteiger partial charge in [-0.25, -0.2) is 4.79 Å². The van der Waals surface area contributed by atoms with Gasteiger partial charge >= 0.3 is 11.9 Å². The van der Waals surface area contributed by atoms with Crippen LogP contribution in [-0.2, 0) is 9.53 Å². The van der Waals surface area contributed by atoms with E-state index in [-0.39, 0.29) is 30.8 Å². The third-order valence-corrected chi connectivity index (χ3v) is 2.16. The molecule has 1 heterocycles. The Morgan fingerprint density at radius 1 is 1.53 bits per heavy atom. The fraction of sp³-hybridized carbons (Fsp3) is 0.583. The predicted octanol–water partition coefficient (Wildman–Crippen LogP) is 1.40. The van der Waals surface area contributed by atoms with Gasteiger partial charge in [0.2, 0.25) is 0 Å². The summed E-state index contributed by atoms with van der Waals surface area (Å²) in [5.41, 5.74) is 0.0380. The first kappa shape index (κ1) is 15.0. The molecule has 0 saturated carbocycles. The Morgan fingerprint density at radius 3 is 2.74 bits per heavy atom. The quantitative estimate of drug-likeness (QED) is 0.748. The molecule has 0 bridgehead atoms. The van der Waals surface area contributed by atoms with E-state index in [1.807, 2.05) is 13.8 Å². The number of oxazole rings is 1. The summed E-state index contributed by atoms with van der Waals surface area (Å²) in [6.07, 6.45) is 1.17. The molecule has 0 radical (unpaired) electrons. The summed E-state index contributed by atoms with van der Waals surface area (Å²) in [6.45, 7) is 6.06. The number of anilines is 1. The van der Waals surface area contributed by atoms with Crippen LogP contribution in [0.1, 0.15) is 31.3 Å². The summed E-state index contributed by atoms with van der Waals surface area (Å²) in [5, 5.41) is 8.86. The van der Waals surface area contributed by atoms with E-state index < -0.39 is 11.9 Å². The Bertz CT molecular complexity index is 441. The second-order valence-electron chi connectivity index (χ2n) is 4.40. The van der Waals surface area contributed by atoms with Gasteiger partial charge in [-0.05, 0) is 12.8 Å². The first-order chi connectivity index (χ1) is 8.93. The number of carbonyl (C=O) groups excluding carboxylic acids is 1. The minimum atomic E-state index is -0.989. The molecule has 0 saturated heterocycles. The van der Waals surface area contributed by atoms with Crippen molar-refractivity contribution in [3.63, 3.8) is 0 Å². The van der Waals surface area contributed by atoms with Crippen LogP contribution in [0.4, 0.5) is 6.01 Å². The molecule has 0 unspecified atom stereocenters. The molecular formula is C12H18N2O5. The predicted molar refractivity (Wildman–Crippen MR) is 67.1 cm³/mol. The highest BCUT2D eigenvalue weighted by Crippen LogP contribution is 2.15. The zero-order chi connectivity index (χ0) is 14.4. The number of esters is 1. The highest BCUT2D eigenvalue weighted by atomic mass is 16.5. The Balaban J connectivity index is 2.84. The Kier molecular flexibility index (Phi) is 5.35. The number of ether oxygens (including phenoxy) is 1. The van der Waals surface area contributed by atoms with Crippen molar-refractivity contribution < 1.29 is 23.8 Å². The van der Waals surface area contributed by atoms with E-state index in [2.05, 4.69) is 4.98 Å². The number of carbonyl (C=O) groups is 2. The average Bonchev–Trinajstić information content (AvgIpc) is 2.76. The van der Waals surface area contributed by atoms with Gasteiger partial charge < -0.3 is 19.2 Å². The highest BCUT2D eigenvalue weighted by molar-refractivity contribution is 5.87. The molecule has 1 aromatic rings. The molecule has 7 heteroatoms. The van der Waals surface area contributed by atoms with E-state index in [9.17, 15) is 9.59 Å². The molecule has 0 aliphatic carbocycles. The zero-order valence-electron chi connectivity index (χ0n) is 11.3. The number of aliphatic carboxylic acids is 1. The van der Waals surface area contributed by atoms with E-state index >= 15 is 0 Å². The third kappa shape index (κ3) is 4.61. The molecule has 106 valence electrons. The molecule has 19 heavy (non-hydrogen) atoms. The van der Waals surface area contributed by atoms with Crippen LogP contribution in [0.15, 0.2) is 10.7 Å². The number of carboxylic acids is 1. The minimum Gasteiger partial charge on any atom is -0.480 e. The lowest BCUT2D eigenvalue weighted by molar-refractivity contribution is -0.135. The maximum Gasteiger partial charge on any atom is 0.360 e. The van der Waals surface area contributed by atoms with Gasteiger partial charge in [-0.3, -0.25) is 4.79 Å². The van der Waals surface area contributed by atoms with Gasteiger partial charge in [0, 0.05) is 6.54 Å². The first-order valence-electron chi connectivity index (χ1n) is 6.03. The smallest absolute Gasteiger partial charge is 0.360 e. The molecule has 7 nitrogen and oxygen atoms in total. The number of aromatic nitrogens is 1. The van der Waals surface area contributed by atoms with E-state index in [0.29, 0.717) is 6.54 Å². The summed E-state index contributed by atoms with van der Waals surface area (Å²) < 4.78 is 9.93. The number of hydrogen-bond donors (Lipinski definition) is 1. The molecule has 0 atom stereocenters. The van der Waals surface area contributed by atoms with E-state index in [1.165, 1.54) is 11.2 Å². The topological polar surface area (TPSA) is 92.9 Å². The fourth-order valence-corrected chi connectivity index (χ4v) is 1.52. The van der Waals surface area contributed by atoms with Crippen LogP contribution in [0.2, 0.25) is 0 Å². The van der Waals surface area contributed by atoms with Crippen molar-refractivity contribution in [3.05, 3.63) is 12.0 Å². The third-order valence-electron chi connectivity index (χ3n) is 2.16. The van der Waals surface area contributed by atoms with E-state index in [4.69, 9.17) is 14.3 Å². The molecular weight excluding hydrogens is 252 g/mol. The maximum absolute atomic E-state index is 11.4. The van der Waals surface area contributed by atoms with Crippen LogP contribution < -0.4 is 4.90 Å². The maximum atomic E-state index is 11.4. The number of nitrogens with zero attached hydrogens (tertiary/aromatic N) is 2.